The summed E-state index contributed by atoms with van der Waals surface area (Å²) in [5.41, 5.74) is 4.90. The molecular weight excluding hydrogens is 310 g/mol. The average Bonchev–Trinajstić information content (AvgIpc) is 3.05. The maximum atomic E-state index is 11.9. The zero-order valence-corrected chi connectivity index (χ0v) is 12.9. The van der Waals surface area contributed by atoms with Crippen molar-refractivity contribution in [1.29, 1.82) is 0 Å². The largest absolute Gasteiger partial charge is 0.316 e. The van der Waals surface area contributed by atoms with Gasteiger partial charge in [-0.15, -0.1) is 0 Å². The summed E-state index contributed by atoms with van der Waals surface area (Å²) in [5, 5.41) is 4.71. The highest BCUT2D eigenvalue weighted by Crippen LogP contribution is 2.15. The van der Waals surface area contributed by atoms with Crippen molar-refractivity contribution < 1.29 is 4.79 Å². The van der Waals surface area contributed by atoms with E-state index in [2.05, 4.69) is 10.5 Å². The number of nitrogens with zero attached hydrogens (tertiary/aromatic N) is 2. The third kappa shape index (κ3) is 3.67. The van der Waals surface area contributed by atoms with Gasteiger partial charge in [-0.05, 0) is 48.5 Å². The monoisotopic (exact) mass is 323 g/mol. The van der Waals surface area contributed by atoms with Gasteiger partial charge in [-0.1, -0.05) is 29.8 Å². The topological polar surface area (TPSA) is 46.4 Å². The van der Waals surface area contributed by atoms with E-state index in [0.29, 0.717) is 10.6 Å². The summed E-state index contributed by atoms with van der Waals surface area (Å²) in [5.74, 6) is -0.244. The number of hydrazone groups is 1. The number of rotatable bonds is 4. The maximum Gasteiger partial charge on any atom is 0.271 e. The van der Waals surface area contributed by atoms with Crippen LogP contribution in [0.4, 0.5) is 0 Å². The molecule has 1 heterocycles. The number of hydrogen-bond donors (Lipinski definition) is 1. The second-order valence-corrected chi connectivity index (χ2v) is 5.28. The second-order valence-electron chi connectivity index (χ2n) is 4.84. The van der Waals surface area contributed by atoms with E-state index in [0.717, 1.165) is 11.4 Å². The predicted octanol–water partition coefficient (Wildman–Crippen LogP) is 3.89. The van der Waals surface area contributed by atoms with Gasteiger partial charge in [0, 0.05) is 22.5 Å². The molecule has 1 aromatic heterocycles. The van der Waals surface area contributed by atoms with E-state index in [-0.39, 0.29) is 5.91 Å². The Kier molecular flexibility index (Phi) is 4.54. The summed E-state index contributed by atoms with van der Waals surface area (Å²) in [6.45, 7) is 0. The van der Waals surface area contributed by atoms with Crippen LogP contribution in [-0.2, 0) is 0 Å². The molecule has 3 rings (SSSR count). The number of nitrogens with one attached hydrogen (secondary N) is 1. The zero-order chi connectivity index (χ0) is 16.1. The van der Waals surface area contributed by atoms with Crippen LogP contribution in [0.15, 0.2) is 78.0 Å². The highest BCUT2D eigenvalue weighted by atomic mass is 35.5. The van der Waals surface area contributed by atoms with Crippen LogP contribution in [-0.4, -0.2) is 16.7 Å². The first-order valence-electron chi connectivity index (χ1n) is 7.06. The van der Waals surface area contributed by atoms with Crippen LogP contribution in [0.1, 0.15) is 16.1 Å². The zero-order valence-electron chi connectivity index (χ0n) is 12.2. The molecule has 0 aliphatic carbocycles. The standard InChI is InChI=1S/C18H14ClN3O/c19-15-8-10-16(11-9-15)22-12-4-7-17(22)13-20-21-18(23)14-5-2-1-3-6-14/h1-13H,(H,21,23)/b20-13-. The molecule has 5 heteroatoms. The van der Waals surface area contributed by atoms with Crippen LogP contribution in [0.2, 0.25) is 5.02 Å². The van der Waals surface area contributed by atoms with E-state index >= 15 is 0 Å². The molecule has 1 amide bonds. The molecule has 3 aromatic rings. The molecule has 0 aliphatic heterocycles. The Hall–Kier alpha value is -2.85. The minimum absolute atomic E-state index is 0.244. The third-order valence-electron chi connectivity index (χ3n) is 3.28. The Balaban J connectivity index is 1.73. The van der Waals surface area contributed by atoms with Gasteiger partial charge in [-0.2, -0.15) is 5.10 Å². The van der Waals surface area contributed by atoms with Gasteiger partial charge in [-0.3, -0.25) is 4.79 Å². The van der Waals surface area contributed by atoms with Crippen LogP contribution >= 0.6 is 11.6 Å². The van der Waals surface area contributed by atoms with Gasteiger partial charge < -0.3 is 4.57 Å². The van der Waals surface area contributed by atoms with Crippen molar-refractivity contribution >= 4 is 23.7 Å². The Morgan fingerprint density at radius 2 is 1.74 bits per heavy atom. The summed E-state index contributed by atoms with van der Waals surface area (Å²) in [4.78, 5) is 11.9. The average molecular weight is 324 g/mol. The van der Waals surface area contributed by atoms with E-state index in [4.69, 9.17) is 11.6 Å². The summed E-state index contributed by atoms with van der Waals surface area (Å²) in [6.07, 6.45) is 3.53. The Bertz CT molecular complexity index is 823. The summed E-state index contributed by atoms with van der Waals surface area (Å²) in [7, 11) is 0. The molecule has 0 saturated heterocycles. The lowest BCUT2D eigenvalue weighted by molar-refractivity contribution is 0.0955. The van der Waals surface area contributed by atoms with Gasteiger partial charge in [0.05, 0.1) is 11.9 Å². The van der Waals surface area contributed by atoms with Crippen molar-refractivity contribution in [2.45, 2.75) is 0 Å². The van der Waals surface area contributed by atoms with Crippen molar-refractivity contribution in [3.63, 3.8) is 0 Å². The molecule has 0 unspecified atom stereocenters. The van der Waals surface area contributed by atoms with Crippen molar-refractivity contribution in [2.24, 2.45) is 5.10 Å². The molecule has 0 aliphatic rings. The lowest BCUT2D eigenvalue weighted by Gasteiger charge is -2.06. The highest BCUT2D eigenvalue weighted by Gasteiger charge is 2.03. The molecule has 4 nitrogen and oxygen atoms in total. The van der Waals surface area contributed by atoms with Crippen LogP contribution in [0.3, 0.4) is 0 Å². The molecule has 2 aromatic carbocycles. The fraction of sp³-hybridized carbons (Fsp3) is 0. The number of carbonyl (C=O) groups excluding carboxylic acids is 1. The minimum atomic E-state index is -0.244. The van der Waals surface area contributed by atoms with E-state index in [1.165, 1.54) is 0 Å². The third-order valence-corrected chi connectivity index (χ3v) is 3.54. The number of halogens is 1. The molecule has 1 N–H and O–H groups in total. The predicted molar refractivity (Wildman–Crippen MR) is 92.3 cm³/mol. The Morgan fingerprint density at radius 1 is 1.00 bits per heavy atom. The van der Waals surface area contributed by atoms with Gasteiger partial charge >= 0.3 is 0 Å². The van der Waals surface area contributed by atoms with Gasteiger partial charge in [-0.25, -0.2) is 5.43 Å². The van der Waals surface area contributed by atoms with E-state index < -0.39 is 0 Å². The normalized spacial score (nSPS) is 10.8. The first-order valence-corrected chi connectivity index (χ1v) is 7.43. The first kappa shape index (κ1) is 15.1. The Labute approximate surface area is 139 Å². The lowest BCUT2D eigenvalue weighted by Crippen LogP contribution is -2.17. The highest BCUT2D eigenvalue weighted by molar-refractivity contribution is 6.30. The van der Waals surface area contributed by atoms with Gasteiger partial charge in [0.25, 0.3) is 5.91 Å². The molecular formula is C18H14ClN3O. The SMILES string of the molecule is O=C(N/N=C\c1cccn1-c1ccc(Cl)cc1)c1ccccc1. The lowest BCUT2D eigenvalue weighted by atomic mass is 10.2. The van der Waals surface area contributed by atoms with E-state index in [9.17, 15) is 4.79 Å². The molecule has 23 heavy (non-hydrogen) atoms. The van der Waals surface area contributed by atoms with Crippen molar-refractivity contribution in [1.82, 2.24) is 9.99 Å². The summed E-state index contributed by atoms with van der Waals surface area (Å²) < 4.78 is 1.95. The molecule has 0 spiro atoms. The minimum Gasteiger partial charge on any atom is -0.316 e. The van der Waals surface area contributed by atoms with Crippen LogP contribution in [0, 0.1) is 0 Å². The number of amides is 1. The molecule has 0 saturated carbocycles. The van der Waals surface area contributed by atoms with Gasteiger partial charge in [0.2, 0.25) is 0 Å². The number of hydrogen-bond acceptors (Lipinski definition) is 2. The second kappa shape index (κ2) is 6.94. The van der Waals surface area contributed by atoms with Crippen LogP contribution < -0.4 is 5.43 Å². The fourth-order valence-corrected chi connectivity index (χ4v) is 2.27. The molecule has 0 atom stereocenters. The molecule has 114 valence electrons. The molecule has 0 fully saturated rings. The summed E-state index contributed by atoms with van der Waals surface area (Å²) in [6, 6.07) is 20.3. The Morgan fingerprint density at radius 3 is 2.48 bits per heavy atom. The smallest absolute Gasteiger partial charge is 0.271 e. The van der Waals surface area contributed by atoms with Crippen LogP contribution in [0.25, 0.3) is 5.69 Å². The van der Waals surface area contributed by atoms with Crippen LogP contribution in [0.5, 0.6) is 0 Å². The van der Waals surface area contributed by atoms with Crippen molar-refractivity contribution in [3.05, 3.63) is 89.2 Å². The number of carbonyl (C=O) groups is 1. The van der Waals surface area contributed by atoms with E-state index in [1.54, 1.807) is 18.3 Å². The van der Waals surface area contributed by atoms with Gasteiger partial charge in [0.15, 0.2) is 0 Å². The number of benzene rings is 2. The number of aromatic nitrogens is 1. The fourth-order valence-electron chi connectivity index (χ4n) is 2.15. The molecule has 0 radical (unpaired) electrons. The van der Waals surface area contributed by atoms with Crippen molar-refractivity contribution in [2.75, 3.05) is 0 Å². The quantitative estimate of drug-likeness (QED) is 0.574. The molecule has 0 bridgehead atoms. The van der Waals surface area contributed by atoms with Gasteiger partial charge in [0.1, 0.15) is 0 Å². The first-order chi connectivity index (χ1) is 11.2. The van der Waals surface area contributed by atoms with Crippen molar-refractivity contribution in [3.8, 4) is 5.69 Å². The maximum absolute atomic E-state index is 11.9. The van der Waals surface area contributed by atoms with E-state index in [1.807, 2.05) is 65.4 Å². The summed E-state index contributed by atoms with van der Waals surface area (Å²) >= 11 is 5.91.